The Kier molecular flexibility index (Phi) is 3.74. The van der Waals surface area contributed by atoms with Crippen molar-refractivity contribution >= 4 is 15.7 Å². The molecule has 1 aromatic carbocycles. The summed E-state index contributed by atoms with van der Waals surface area (Å²) in [5.41, 5.74) is 0.983. The van der Waals surface area contributed by atoms with Crippen molar-refractivity contribution in [2.75, 3.05) is 11.5 Å². The summed E-state index contributed by atoms with van der Waals surface area (Å²) in [5, 5.41) is 2.72. The van der Waals surface area contributed by atoms with E-state index in [0.717, 1.165) is 5.56 Å². The Morgan fingerprint density at radius 2 is 2.05 bits per heavy atom. The van der Waals surface area contributed by atoms with Gasteiger partial charge in [0, 0.05) is 11.6 Å². The second kappa shape index (κ2) is 5.57. The predicted octanol–water partition coefficient (Wildman–Crippen LogP) is 1.57. The zero-order valence-electron chi connectivity index (χ0n) is 12.1. The molecule has 1 atom stereocenters. The van der Waals surface area contributed by atoms with Gasteiger partial charge in [0.15, 0.2) is 15.5 Å². The molecule has 22 heavy (non-hydrogen) atoms. The fourth-order valence-electron chi connectivity index (χ4n) is 2.47. The largest absolute Gasteiger partial charge is 0.441 e. The molecular formula is C15H16N2O4S. The molecule has 116 valence electrons. The van der Waals surface area contributed by atoms with Crippen molar-refractivity contribution in [3.05, 3.63) is 41.8 Å². The number of benzene rings is 1. The number of sulfone groups is 1. The van der Waals surface area contributed by atoms with E-state index in [4.69, 9.17) is 4.42 Å². The van der Waals surface area contributed by atoms with E-state index in [0.29, 0.717) is 18.1 Å². The molecule has 3 rings (SSSR count). The highest BCUT2D eigenvalue weighted by molar-refractivity contribution is 7.91. The lowest BCUT2D eigenvalue weighted by Gasteiger charge is -2.08. The topological polar surface area (TPSA) is 89.3 Å². The summed E-state index contributed by atoms with van der Waals surface area (Å²) >= 11 is 0. The fourth-order valence-corrected chi connectivity index (χ4v) is 4.15. The van der Waals surface area contributed by atoms with Crippen molar-refractivity contribution in [3.8, 4) is 11.5 Å². The molecule has 1 aromatic heterocycles. The summed E-state index contributed by atoms with van der Waals surface area (Å²) in [6.45, 7) is 1.67. The maximum absolute atomic E-state index is 12.2. The van der Waals surface area contributed by atoms with E-state index in [-0.39, 0.29) is 23.2 Å². The molecule has 6 nitrogen and oxygen atoms in total. The zero-order chi connectivity index (χ0) is 15.7. The van der Waals surface area contributed by atoms with Crippen molar-refractivity contribution in [1.29, 1.82) is 0 Å². The molecule has 1 saturated heterocycles. The summed E-state index contributed by atoms with van der Waals surface area (Å²) in [4.78, 5) is 16.5. The third kappa shape index (κ3) is 3.04. The van der Waals surface area contributed by atoms with Crippen molar-refractivity contribution in [1.82, 2.24) is 10.3 Å². The Bertz CT molecular complexity index is 796. The third-order valence-corrected chi connectivity index (χ3v) is 5.37. The van der Waals surface area contributed by atoms with E-state index < -0.39 is 15.7 Å². The minimum Gasteiger partial charge on any atom is -0.441 e. The number of nitrogens with one attached hydrogen (secondary N) is 1. The molecule has 0 bridgehead atoms. The first-order chi connectivity index (χ1) is 10.4. The van der Waals surface area contributed by atoms with Crippen molar-refractivity contribution in [2.45, 2.75) is 19.4 Å². The minimum atomic E-state index is -3.03. The lowest BCUT2D eigenvalue weighted by Crippen LogP contribution is -2.36. The molecule has 0 unspecified atom stereocenters. The fraction of sp³-hybridized carbons (Fsp3) is 0.333. The SMILES string of the molecule is Cc1oc(-c2ccccc2)nc1C(=O)N[C@H]1CCS(=O)(=O)C1. The number of amides is 1. The molecule has 7 heteroatoms. The van der Waals surface area contributed by atoms with E-state index in [9.17, 15) is 13.2 Å². The van der Waals surface area contributed by atoms with Gasteiger partial charge in [0.2, 0.25) is 5.89 Å². The highest BCUT2D eigenvalue weighted by Gasteiger charge is 2.30. The Balaban J connectivity index is 1.78. The highest BCUT2D eigenvalue weighted by atomic mass is 32.2. The van der Waals surface area contributed by atoms with Crippen LogP contribution in [0.15, 0.2) is 34.7 Å². The van der Waals surface area contributed by atoms with Gasteiger partial charge in [-0.25, -0.2) is 13.4 Å². The Labute approximate surface area is 128 Å². The van der Waals surface area contributed by atoms with E-state index >= 15 is 0 Å². The van der Waals surface area contributed by atoms with Gasteiger partial charge in [-0.2, -0.15) is 0 Å². The summed E-state index contributed by atoms with van der Waals surface area (Å²) in [6.07, 6.45) is 0.441. The van der Waals surface area contributed by atoms with Crippen LogP contribution in [-0.4, -0.2) is 36.9 Å². The van der Waals surface area contributed by atoms with Crippen LogP contribution in [0.5, 0.6) is 0 Å². The minimum absolute atomic E-state index is 0.0127. The van der Waals surface area contributed by atoms with Crippen molar-refractivity contribution < 1.29 is 17.6 Å². The Hall–Kier alpha value is -2.15. The first-order valence-corrected chi connectivity index (χ1v) is 8.81. The van der Waals surface area contributed by atoms with Crippen molar-refractivity contribution in [3.63, 3.8) is 0 Å². The van der Waals surface area contributed by atoms with Gasteiger partial charge < -0.3 is 9.73 Å². The molecule has 2 aromatic rings. The number of aromatic nitrogens is 1. The number of carbonyl (C=O) groups is 1. The van der Waals surface area contributed by atoms with Crippen LogP contribution in [0.1, 0.15) is 22.7 Å². The molecule has 1 N–H and O–H groups in total. The first-order valence-electron chi connectivity index (χ1n) is 6.99. The van der Waals surface area contributed by atoms with Gasteiger partial charge in [-0.1, -0.05) is 18.2 Å². The van der Waals surface area contributed by atoms with Crippen LogP contribution in [0.25, 0.3) is 11.5 Å². The van der Waals surface area contributed by atoms with E-state index in [1.54, 1.807) is 6.92 Å². The van der Waals surface area contributed by atoms with Gasteiger partial charge in [0.1, 0.15) is 5.76 Å². The third-order valence-electron chi connectivity index (χ3n) is 3.60. The molecule has 2 heterocycles. The first kappa shape index (κ1) is 14.8. The van der Waals surface area contributed by atoms with Crippen LogP contribution in [-0.2, 0) is 9.84 Å². The number of aryl methyl sites for hydroxylation is 1. The quantitative estimate of drug-likeness (QED) is 0.927. The van der Waals surface area contributed by atoms with Crippen molar-refractivity contribution in [2.24, 2.45) is 0 Å². The summed E-state index contributed by atoms with van der Waals surface area (Å²) in [6, 6.07) is 8.94. The maximum Gasteiger partial charge on any atom is 0.273 e. The van der Waals surface area contributed by atoms with E-state index in [1.165, 1.54) is 0 Å². The zero-order valence-corrected chi connectivity index (χ0v) is 12.9. The Morgan fingerprint density at radius 1 is 1.32 bits per heavy atom. The highest BCUT2D eigenvalue weighted by Crippen LogP contribution is 2.21. The summed E-state index contributed by atoms with van der Waals surface area (Å²) < 4.78 is 28.4. The number of nitrogens with zero attached hydrogens (tertiary/aromatic N) is 1. The average molecular weight is 320 g/mol. The van der Waals surface area contributed by atoms with Crippen LogP contribution >= 0.6 is 0 Å². The maximum atomic E-state index is 12.2. The molecule has 0 aliphatic carbocycles. The lowest BCUT2D eigenvalue weighted by atomic mass is 10.2. The predicted molar refractivity (Wildman–Crippen MR) is 81.2 cm³/mol. The number of carbonyl (C=O) groups excluding carboxylic acids is 1. The van der Waals surface area contributed by atoms with Gasteiger partial charge in [0.25, 0.3) is 5.91 Å². The number of hydrogen-bond donors (Lipinski definition) is 1. The van der Waals surface area contributed by atoms with Gasteiger partial charge in [-0.3, -0.25) is 4.79 Å². The van der Waals surface area contributed by atoms with Gasteiger partial charge >= 0.3 is 0 Å². The molecule has 1 aliphatic rings. The van der Waals surface area contributed by atoms with E-state index in [1.807, 2.05) is 30.3 Å². The molecule has 0 spiro atoms. The molecule has 0 saturated carbocycles. The summed E-state index contributed by atoms with van der Waals surface area (Å²) in [7, 11) is -3.03. The number of oxazole rings is 1. The second-order valence-electron chi connectivity index (χ2n) is 5.36. The summed E-state index contributed by atoms with van der Waals surface area (Å²) in [5.74, 6) is 0.497. The smallest absolute Gasteiger partial charge is 0.273 e. The van der Waals surface area contributed by atoms with Gasteiger partial charge in [-0.05, 0) is 25.5 Å². The van der Waals surface area contributed by atoms with Crippen LogP contribution < -0.4 is 5.32 Å². The lowest BCUT2D eigenvalue weighted by molar-refractivity contribution is 0.0935. The standard InChI is InChI=1S/C15H16N2O4S/c1-10-13(14(18)16-12-7-8-22(19,20)9-12)17-15(21-10)11-5-3-2-4-6-11/h2-6,12H,7-9H2,1H3,(H,16,18)/t12-/m0/s1. The van der Waals surface area contributed by atoms with Crippen LogP contribution in [0.4, 0.5) is 0 Å². The van der Waals surface area contributed by atoms with Gasteiger partial charge in [0.05, 0.1) is 11.5 Å². The van der Waals surface area contributed by atoms with Crippen LogP contribution in [0.3, 0.4) is 0 Å². The monoisotopic (exact) mass is 320 g/mol. The molecule has 0 radical (unpaired) electrons. The average Bonchev–Trinajstić information content (AvgIpc) is 3.02. The molecule has 1 fully saturated rings. The number of rotatable bonds is 3. The molecular weight excluding hydrogens is 304 g/mol. The van der Waals surface area contributed by atoms with E-state index in [2.05, 4.69) is 10.3 Å². The normalized spacial score (nSPS) is 20.0. The molecule has 1 amide bonds. The van der Waals surface area contributed by atoms with Crippen LogP contribution in [0, 0.1) is 6.92 Å². The molecule has 1 aliphatic heterocycles. The van der Waals surface area contributed by atoms with Crippen LogP contribution in [0.2, 0.25) is 0 Å². The second-order valence-corrected chi connectivity index (χ2v) is 7.59. The number of hydrogen-bond acceptors (Lipinski definition) is 5. The van der Waals surface area contributed by atoms with Gasteiger partial charge in [-0.15, -0.1) is 0 Å². The Morgan fingerprint density at radius 3 is 2.68 bits per heavy atom.